The average molecular weight is 397 g/mol. The second-order valence-corrected chi connectivity index (χ2v) is 6.56. The number of ketones is 1. The second-order valence-electron chi connectivity index (χ2n) is 6.12. The Morgan fingerprint density at radius 1 is 1.14 bits per heavy atom. The highest BCUT2D eigenvalue weighted by molar-refractivity contribution is 6.31. The molecule has 4 aromatic rings. The number of rotatable bonds is 4. The highest BCUT2D eigenvalue weighted by Crippen LogP contribution is 2.28. The largest absolute Gasteiger partial charge is 0.462 e. The van der Waals surface area contributed by atoms with E-state index in [1.54, 1.807) is 29.5 Å². The fourth-order valence-electron chi connectivity index (χ4n) is 3.14. The predicted molar refractivity (Wildman–Crippen MR) is 103 cm³/mol. The summed E-state index contributed by atoms with van der Waals surface area (Å²) in [7, 11) is 0. The van der Waals surface area contributed by atoms with Gasteiger partial charge in [-0.1, -0.05) is 11.6 Å². The Morgan fingerprint density at radius 3 is 2.61 bits per heavy atom. The molecule has 4 rings (SSSR count). The van der Waals surface area contributed by atoms with E-state index in [2.05, 4.69) is 4.98 Å². The third-order valence-electron chi connectivity index (χ3n) is 4.40. The minimum Gasteiger partial charge on any atom is -0.462 e. The quantitative estimate of drug-likeness (QED) is 0.371. The van der Waals surface area contributed by atoms with Crippen LogP contribution < -0.4 is 0 Å². The van der Waals surface area contributed by atoms with Gasteiger partial charge in [0.15, 0.2) is 0 Å². The van der Waals surface area contributed by atoms with E-state index in [1.807, 2.05) is 0 Å². The molecule has 0 fully saturated rings. The van der Waals surface area contributed by atoms with Gasteiger partial charge >= 0.3 is 5.97 Å². The number of carbonyl (C=O) groups excluding carboxylic acids is 2. The molecule has 0 unspecified atom stereocenters. The molecule has 2 aromatic carbocycles. The van der Waals surface area contributed by atoms with Gasteiger partial charge in [0, 0.05) is 16.0 Å². The lowest BCUT2D eigenvalue weighted by atomic mass is 10.1. The predicted octanol–water partition coefficient (Wildman–Crippen LogP) is 4.69. The van der Waals surface area contributed by atoms with Crippen molar-refractivity contribution in [3.05, 3.63) is 82.5 Å². The van der Waals surface area contributed by atoms with Gasteiger partial charge in [0.05, 0.1) is 28.9 Å². The van der Waals surface area contributed by atoms with E-state index in [0.29, 0.717) is 27.0 Å². The molecule has 140 valence electrons. The summed E-state index contributed by atoms with van der Waals surface area (Å²) in [6, 6.07) is 11.8. The second kappa shape index (κ2) is 7.05. The molecule has 0 aliphatic rings. The van der Waals surface area contributed by atoms with Gasteiger partial charge in [-0.25, -0.2) is 14.2 Å². The molecule has 0 spiro atoms. The lowest BCUT2D eigenvalue weighted by Crippen LogP contribution is -2.05. The smallest absolute Gasteiger partial charge is 0.340 e. The van der Waals surface area contributed by atoms with Crippen LogP contribution in [0.25, 0.3) is 16.4 Å². The van der Waals surface area contributed by atoms with Gasteiger partial charge in [-0.05, 0) is 55.5 Å². The fourth-order valence-corrected chi connectivity index (χ4v) is 3.31. The molecule has 28 heavy (non-hydrogen) atoms. The standard InChI is InChI=1S/C21H14ClFN2O3/c1-2-28-21(27)16-10-18(20(26)12-3-6-14(23)7-4-12)25-11-24-17-9-13(22)5-8-15(17)19(16)25/h3-11H,2H2,1H3. The van der Waals surface area contributed by atoms with Crippen LogP contribution in [0.4, 0.5) is 4.39 Å². The van der Waals surface area contributed by atoms with E-state index >= 15 is 0 Å². The van der Waals surface area contributed by atoms with Crippen molar-refractivity contribution in [2.45, 2.75) is 6.92 Å². The van der Waals surface area contributed by atoms with Crippen molar-refractivity contribution >= 4 is 39.8 Å². The monoisotopic (exact) mass is 396 g/mol. The van der Waals surface area contributed by atoms with Gasteiger partial charge in [0.25, 0.3) is 0 Å². The lowest BCUT2D eigenvalue weighted by molar-refractivity contribution is 0.0529. The Balaban J connectivity index is 1.99. The number of ether oxygens (including phenoxy) is 1. The van der Waals surface area contributed by atoms with Crippen molar-refractivity contribution in [3.63, 3.8) is 0 Å². The average Bonchev–Trinajstić information content (AvgIpc) is 3.08. The van der Waals surface area contributed by atoms with Crippen molar-refractivity contribution in [1.82, 2.24) is 9.38 Å². The zero-order valence-corrected chi connectivity index (χ0v) is 15.5. The molecule has 0 N–H and O–H groups in total. The zero-order chi connectivity index (χ0) is 19.8. The van der Waals surface area contributed by atoms with Crippen molar-refractivity contribution in [3.8, 4) is 0 Å². The molecule has 0 bridgehead atoms. The van der Waals surface area contributed by atoms with Crippen molar-refractivity contribution in [1.29, 1.82) is 0 Å². The van der Waals surface area contributed by atoms with Gasteiger partial charge in [0.1, 0.15) is 12.1 Å². The zero-order valence-electron chi connectivity index (χ0n) is 14.8. The van der Waals surface area contributed by atoms with Crippen LogP contribution in [-0.4, -0.2) is 27.7 Å². The van der Waals surface area contributed by atoms with Crippen LogP contribution in [0.2, 0.25) is 5.02 Å². The summed E-state index contributed by atoms with van der Waals surface area (Å²) in [5, 5.41) is 1.17. The third kappa shape index (κ3) is 3.01. The molecule has 0 amide bonds. The number of aromatic nitrogens is 2. The van der Waals surface area contributed by atoms with Crippen LogP contribution in [-0.2, 0) is 4.74 Å². The molecule has 2 aromatic heterocycles. The number of nitrogens with zero attached hydrogens (tertiary/aromatic N) is 2. The maximum Gasteiger partial charge on any atom is 0.340 e. The van der Waals surface area contributed by atoms with Gasteiger partial charge in [-0.3, -0.25) is 9.20 Å². The van der Waals surface area contributed by atoms with Gasteiger partial charge in [-0.2, -0.15) is 0 Å². The summed E-state index contributed by atoms with van der Waals surface area (Å²) < 4.78 is 19.9. The summed E-state index contributed by atoms with van der Waals surface area (Å²) >= 11 is 6.05. The SMILES string of the molecule is CCOC(=O)c1cc(C(=O)c2ccc(F)cc2)n2cnc3cc(Cl)ccc3c12. The highest BCUT2D eigenvalue weighted by Gasteiger charge is 2.23. The van der Waals surface area contributed by atoms with Crippen LogP contribution in [0.15, 0.2) is 54.9 Å². The normalized spacial score (nSPS) is 11.1. The molecule has 0 atom stereocenters. The molecule has 0 aliphatic heterocycles. The maximum atomic E-state index is 13.2. The van der Waals surface area contributed by atoms with Crippen molar-refractivity contribution < 1.29 is 18.7 Å². The van der Waals surface area contributed by atoms with Gasteiger partial charge in [-0.15, -0.1) is 0 Å². The molecule has 5 nitrogen and oxygen atoms in total. The minimum atomic E-state index is -0.541. The van der Waals surface area contributed by atoms with Gasteiger partial charge in [0.2, 0.25) is 5.78 Å². The number of fused-ring (bicyclic) bond motifs is 3. The number of halogens is 2. The molecule has 0 aliphatic carbocycles. The Kier molecular flexibility index (Phi) is 4.57. The number of hydrogen-bond acceptors (Lipinski definition) is 4. The van der Waals surface area contributed by atoms with E-state index in [-0.39, 0.29) is 23.6 Å². The van der Waals surface area contributed by atoms with Crippen LogP contribution in [0.1, 0.15) is 33.3 Å². The van der Waals surface area contributed by atoms with Crippen LogP contribution in [0.5, 0.6) is 0 Å². The van der Waals surface area contributed by atoms with Crippen molar-refractivity contribution in [2.75, 3.05) is 6.61 Å². The van der Waals surface area contributed by atoms with E-state index in [4.69, 9.17) is 16.3 Å². The first kappa shape index (κ1) is 18.1. The first-order chi connectivity index (χ1) is 13.5. The number of benzene rings is 2. The Hall–Kier alpha value is -3.25. The first-order valence-electron chi connectivity index (χ1n) is 8.56. The van der Waals surface area contributed by atoms with Crippen molar-refractivity contribution in [2.24, 2.45) is 0 Å². The van der Waals surface area contributed by atoms with Crippen LogP contribution in [0, 0.1) is 5.82 Å². The van der Waals surface area contributed by atoms with Crippen LogP contribution in [0.3, 0.4) is 0 Å². The number of esters is 1. The van der Waals surface area contributed by atoms with E-state index in [9.17, 15) is 14.0 Å². The van der Waals surface area contributed by atoms with Gasteiger partial charge < -0.3 is 4.74 Å². The number of carbonyl (C=O) groups is 2. The first-order valence-corrected chi connectivity index (χ1v) is 8.94. The summed E-state index contributed by atoms with van der Waals surface area (Å²) in [6.07, 6.45) is 1.47. The Morgan fingerprint density at radius 2 is 1.89 bits per heavy atom. The Labute approximate surface area is 164 Å². The minimum absolute atomic E-state index is 0.201. The summed E-state index contributed by atoms with van der Waals surface area (Å²) in [5.74, 6) is -1.34. The maximum absolute atomic E-state index is 13.2. The molecular weight excluding hydrogens is 383 g/mol. The van der Waals surface area contributed by atoms with E-state index < -0.39 is 11.8 Å². The fraction of sp³-hybridized carbons (Fsp3) is 0.0952. The molecule has 7 heteroatoms. The molecule has 2 heterocycles. The summed E-state index contributed by atoms with van der Waals surface area (Å²) in [5.41, 5.74) is 1.87. The molecule has 0 saturated heterocycles. The summed E-state index contributed by atoms with van der Waals surface area (Å²) in [6.45, 7) is 1.91. The van der Waals surface area contributed by atoms with E-state index in [1.165, 1.54) is 36.7 Å². The topological polar surface area (TPSA) is 60.7 Å². The molecule has 0 saturated carbocycles. The van der Waals surface area contributed by atoms with Crippen LogP contribution >= 0.6 is 11.6 Å². The molecule has 0 radical (unpaired) electrons. The number of hydrogen-bond donors (Lipinski definition) is 0. The van der Waals surface area contributed by atoms with E-state index in [0.717, 1.165) is 0 Å². The third-order valence-corrected chi connectivity index (χ3v) is 4.63. The molecular formula is C21H14ClFN2O3. The Bertz CT molecular complexity index is 1230. The highest BCUT2D eigenvalue weighted by atomic mass is 35.5. The lowest BCUT2D eigenvalue weighted by Gasteiger charge is -2.06. The summed E-state index contributed by atoms with van der Waals surface area (Å²) in [4.78, 5) is 29.9.